The lowest BCUT2D eigenvalue weighted by Gasteiger charge is -2.32. The zero-order valence-corrected chi connectivity index (χ0v) is 23.8. The number of aryl methyl sites for hydroxylation is 1. The number of ketones is 1. The van der Waals surface area contributed by atoms with Crippen LogP contribution in [0.3, 0.4) is 0 Å². The van der Waals surface area contributed by atoms with Gasteiger partial charge in [0, 0.05) is 51.3 Å². The van der Waals surface area contributed by atoms with Crippen molar-refractivity contribution in [3.05, 3.63) is 65.2 Å². The Labute approximate surface area is 233 Å². The van der Waals surface area contributed by atoms with E-state index in [4.69, 9.17) is 9.47 Å². The Morgan fingerprint density at radius 1 is 1.10 bits per heavy atom. The molecule has 0 radical (unpaired) electrons. The maximum atomic E-state index is 13.6. The van der Waals surface area contributed by atoms with Gasteiger partial charge in [0.15, 0.2) is 0 Å². The van der Waals surface area contributed by atoms with E-state index in [0.29, 0.717) is 37.8 Å². The highest BCUT2D eigenvalue weighted by Crippen LogP contribution is 2.24. The van der Waals surface area contributed by atoms with E-state index in [9.17, 15) is 14.7 Å². The largest absolute Gasteiger partial charge is 0.493 e. The van der Waals surface area contributed by atoms with Gasteiger partial charge in [0.25, 0.3) is 5.91 Å². The van der Waals surface area contributed by atoms with Gasteiger partial charge in [-0.15, -0.1) is 0 Å². The topological polar surface area (TPSA) is 100 Å². The van der Waals surface area contributed by atoms with Crippen molar-refractivity contribution < 1.29 is 24.2 Å². The van der Waals surface area contributed by atoms with Crippen molar-refractivity contribution in [1.82, 2.24) is 15.5 Å². The number of hydrogen-bond acceptors (Lipinski definition) is 7. The Morgan fingerprint density at radius 3 is 2.56 bits per heavy atom. The van der Waals surface area contributed by atoms with Crippen LogP contribution in [0.25, 0.3) is 0 Å². The van der Waals surface area contributed by atoms with Crippen LogP contribution in [0.1, 0.15) is 54.3 Å². The summed E-state index contributed by atoms with van der Waals surface area (Å²) in [6.45, 7) is 10.4. The van der Waals surface area contributed by atoms with E-state index in [-0.39, 0.29) is 36.6 Å². The van der Waals surface area contributed by atoms with Crippen LogP contribution in [0, 0.1) is 18.8 Å². The van der Waals surface area contributed by atoms with Gasteiger partial charge in [0.1, 0.15) is 11.5 Å². The molecule has 0 unspecified atom stereocenters. The molecule has 1 saturated heterocycles. The minimum Gasteiger partial charge on any atom is -0.493 e. The molecule has 0 spiro atoms. The standard InChI is InChI=1S/C31H45N3O5/c1-22(2)34(31(37)25-12-11-23(3)30(15-25)39-14-8-13-38-4)21-27-19-32-17-26(27)18-33-20-28(35)16-29(36)24-9-6-5-7-10-24/h5-7,9-12,15,22,26-27,29,32-33,36H,8,13-14,16-21H2,1-4H3/t26-,27-,29-/m0/s1. The third kappa shape index (κ3) is 9.42. The fourth-order valence-corrected chi connectivity index (χ4v) is 4.94. The molecule has 214 valence electrons. The first kappa shape index (κ1) is 30.8. The molecule has 8 nitrogen and oxygen atoms in total. The number of carbonyl (C=O) groups is 2. The summed E-state index contributed by atoms with van der Waals surface area (Å²) in [5.74, 6) is 1.27. The fourth-order valence-electron chi connectivity index (χ4n) is 4.94. The normalized spacial score (nSPS) is 17.8. The van der Waals surface area contributed by atoms with Crippen LogP contribution in [0.4, 0.5) is 0 Å². The minimum absolute atomic E-state index is 0.00423. The van der Waals surface area contributed by atoms with E-state index < -0.39 is 6.10 Å². The van der Waals surface area contributed by atoms with Crippen LogP contribution in [0.5, 0.6) is 5.75 Å². The van der Waals surface area contributed by atoms with E-state index in [0.717, 1.165) is 36.4 Å². The Kier molecular flexibility index (Phi) is 12.4. The van der Waals surface area contributed by atoms with E-state index >= 15 is 0 Å². The summed E-state index contributed by atoms with van der Waals surface area (Å²) in [4.78, 5) is 28.0. The van der Waals surface area contributed by atoms with Crippen molar-refractivity contribution in [1.29, 1.82) is 0 Å². The molecule has 0 aromatic heterocycles. The number of ether oxygens (including phenoxy) is 2. The van der Waals surface area contributed by atoms with Gasteiger partial charge in [-0.05, 0) is 69.0 Å². The molecule has 3 atom stereocenters. The molecule has 2 aromatic rings. The number of carbonyl (C=O) groups excluding carboxylic acids is 2. The monoisotopic (exact) mass is 539 g/mol. The molecule has 0 bridgehead atoms. The summed E-state index contributed by atoms with van der Waals surface area (Å²) in [6, 6.07) is 15.0. The molecule has 1 aliphatic heterocycles. The fraction of sp³-hybridized carbons (Fsp3) is 0.548. The number of methoxy groups -OCH3 is 1. The second kappa shape index (κ2) is 15.7. The maximum absolute atomic E-state index is 13.6. The van der Waals surface area contributed by atoms with Gasteiger partial charge in [-0.25, -0.2) is 0 Å². The average molecular weight is 540 g/mol. The van der Waals surface area contributed by atoms with Gasteiger partial charge in [-0.3, -0.25) is 9.59 Å². The van der Waals surface area contributed by atoms with Gasteiger partial charge in [-0.2, -0.15) is 0 Å². The number of rotatable bonds is 16. The molecule has 0 saturated carbocycles. The summed E-state index contributed by atoms with van der Waals surface area (Å²) >= 11 is 0. The number of amides is 1. The second-order valence-corrected chi connectivity index (χ2v) is 10.7. The smallest absolute Gasteiger partial charge is 0.254 e. The molecule has 2 aromatic carbocycles. The molecule has 1 aliphatic rings. The molecular weight excluding hydrogens is 494 g/mol. The van der Waals surface area contributed by atoms with E-state index in [1.165, 1.54) is 0 Å². The minimum atomic E-state index is -0.787. The van der Waals surface area contributed by atoms with Crippen LogP contribution in [-0.4, -0.2) is 80.8 Å². The van der Waals surface area contributed by atoms with Crippen LogP contribution in [0.2, 0.25) is 0 Å². The molecule has 1 fully saturated rings. The van der Waals surface area contributed by atoms with Gasteiger partial charge in [0.05, 0.1) is 19.3 Å². The highest BCUT2D eigenvalue weighted by Gasteiger charge is 2.31. The van der Waals surface area contributed by atoms with Gasteiger partial charge < -0.3 is 30.1 Å². The number of aliphatic hydroxyl groups is 1. The van der Waals surface area contributed by atoms with Crippen molar-refractivity contribution in [2.75, 3.05) is 53.0 Å². The zero-order valence-electron chi connectivity index (χ0n) is 23.8. The molecule has 1 heterocycles. The molecular formula is C31H45N3O5. The van der Waals surface area contributed by atoms with Crippen molar-refractivity contribution in [3.63, 3.8) is 0 Å². The van der Waals surface area contributed by atoms with E-state index in [1.54, 1.807) is 7.11 Å². The van der Waals surface area contributed by atoms with Gasteiger partial charge >= 0.3 is 0 Å². The van der Waals surface area contributed by atoms with Crippen molar-refractivity contribution in [2.24, 2.45) is 11.8 Å². The molecule has 39 heavy (non-hydrogen) atoms. The predicted octanol–water partition coefficient (Wildman–Crippen LogP) is 3.38. The Hall–Kier alpha value is -2.78. The SMILES string of the molecule is COCCCOc1cc(C(=O)N(C[C@@H]2CNC[C@H]2CNCC(=O)C[C@H](O)c2ccccc2)C(C)C)ccc1C. The van der Waals surface area contributed by atoms with Crippen molar-refractivity contribution >= 4 is 11.7 Å². The summed E-state index contributed by atoms with van der Waals surface area (Å²) < 4.78 is 11.0. The maximum Gasteiger partial charge on any atom is 0.254 e. The number of aliphatic hydroxyl groups excluding tert-OH is 1. The van der Waals surface area contributed by atoms with E-state index in [1.807, 2.05) is 74.2 Å². The van der Waals surface area contributed by atoms with Crippen LogP contribution < -0.4 is 15.4 Å². The van der Waals surface area contributed by atoms with Crippen LogP contribution >= 0.6 is 0 Å². The molecule has 3 N–H and O–H groups in total. The summed E-state index contributed by atoms with van der Waals surface area (Å²) in [6.07, 6.45) is 0.0912. The second-order valence-electron chi connectivity index (χ2n) is 10.7. The van der Waals surface area contributed by atoms with Crippen molar-refractivity contribution in [3.8, 4) is 5.75 Å². The highest BCUT2D eigenvalue weighted by atomic mass is 16.5. The summed E-state index contributed by atoms with van der Waals surface area (Å²) in [7, 11) is 1.67. The lowest BCUT2D eigenvalue weighted by molar-refractivity contribution is -0.120. The molecule has 1 amide bonds. The number of benzene rings is 2. The van der Waals surface area contributed by atoms with Gasteiger partial charge in [0.2, 0.25) is 0 Å². The van der Waals surface area contributed by atoms with Gasteiger partial charge in [-0.1, -0.05) is 36.4 Å². The third-order valence-electron chi connectivity index (χ3n) is 7.31. The summed E-state index contributed by atoms with van der Waals surface area (Å²) in [5.41, 5.74) is 2.37. The average Bonchev–Trinajstić information content (AvgIpc) is 3.37. The van der Waals surface area contributed by atoms with Crippen LogP contribution in [-0.2, 0) is 9.53 Å². The Bertz CT molecular complexity index is 1050. The number of hydrogen-bond donors (Lipinski definition) is 3. The summed E-state index contributed by atoms with van der Waals surface area (Å²) in [5, 5.41) is 17.1. The van der Waals surface area contributed by atoms with Crippen molar-refractivity contribution in [2.45, 2.75) is 45.8 Å². The molecule has 0 aliphatic carbocycles. The number of nitrogens with zero attached hydrogens (tertiary/aromatic N) is 1. The first-order valence-corrected chi connectivity index (χ1v) is 14.0. The predicted molar refractivity (Wildman–Crippen MR) is 153 cm³/mol. The lowest BCUT2D eigenvalue weighted by atomic mass is 9.94. The number of nitrogens with one attached hydrogen (secondary N) is 2. The lowest BCUT2D eigenvalue weighted by Crippen LogP contribution is -2.43. The first-order chi connectivity index (χ1) is 18.8. The van der Waals surface area contributed by atoms with Crippen LogP contribution in [0.15, 0.2) is 48.5 Å². The quantitative estimate of drug-likeness (QED) is 0.281. The van der Waals surface area contributed by atoms with E-state index in [2.05, 4.69) is 10.6 Å². The Balaban J connectivity index is 1.53. The number of Topliss-reactive ketones (excluding diaryl/α,β-unsaturated/α-hetero) is 1. The highest BCUT2D eigenvalue weighted by molar-refractivity contribution is 5.95. The first-order valence-electron chi connectivity index (χ1n) is 14.0. The molecule has 3 rings (SSSR count). The Morgan fingerprint density at radius 2 is 1.85 bits per heavy atom. The third-order valence-corrected chi connectivity index (χ3v) is 7.31. The zero-order chi connectivity index (χ0) is 28.2. The molecule has 8 heteroatoms.